The first-order valence-corrected chi connectivity index (χ1v) is 7.54. The van der Waals surface area contributed by atoms with Gasteiger partial charge in [0.05, 0.1) is 13.2 Å². The second-order valence-electron chi connectivity index (χ2n) is 2.74. The Balaban J connectivity index is 3.85. The molecule has 0 bridgehead atoms. The molecule has 0 radical (unpaired) electrons. The zero-order valence-electron chi connectivity index (χ0n) is 9.06. The summed E-state index contributed by atoms with van der Waals surface area (Å²) in [5, 5.41) is 11.4. The third-order valence-corrected chi connectivity index (χ3v) is 4.30. The molecule has 0 atom stereocenters. The van der Waals surface area contributed by atoms with Crippen molar-refractivity contribution in [2.24, 2.45) is 0 Å². The van der Waals surface area contributed by atoms with Crippen LogP contribution in [0, 0.1) is 0 Å². The van der Waals surface area contributed by atoms with Crippen LogP contribution in [-0.4, -0.2) is 30.8 Å². The Hall–Kier alpha value is -0.0000000000000000763. The van der Waals surface area contributed by atoms with E-state index in [-0.39, 0.29) is 6.42 Å². The van der Waals surface area contributed by atoms with E-state index in [2.05, 4.69) is 5.09 Å². The Morgan fingerprint density at radius 2 is 1.93 bits per heavy atom. The molecule has 2 N–H and O–H groups in total. The van der Waals surface area contributed by atoms with E-state index < -0.39 is 12.6 Å². The predicted molar refractivity (Wildman–Crippen MR) is 62.4 cm³/mol. The van der Waals surface area contributed by atoms with Crippen molar-refractivity contribution >= 4 is 24.4 Å². The van der Waals surface area contributed by atoms with E-state index in [9.17, 15) is 4.79 Å². The van der Waals surface area contributed by atoms with E-state index in [0.29, 0.717) is 26.2 Å². The Morgan fingerprint density at radius 3 is 2.33 bits per heavy atom. The van der Waals surface area contributed by atoms with Crippen LogP contribution in [0.5, 0.6) is 0 Å². The Bertz CT molecular complexity index is 227. The van der Waals surface area contributed by atoms with Gasteiger partial charge in [0, 0.05) is 13.0 Å². The standard InChI is InChI=1S/C8H18NO4PS/c1-3-12-14(15,13-4-2)9-7-5-6-8(10)11/h3-7H2,1-2H3,(H,9,15)(H,10,11). The van der Waals surface area contributed by atoms with E-state index in [1.807, 2.05) is 13.8 Å². The fourth-order valence-corrected chi connectivity index (χ4v) is 3.20. The van der Waals surface area contributed by atoms with Crippen molar-refractivity contribution in [3.05, 3.63) is 0 Å². The predicted octanol–water partition coefficient (Wildman–Crippen LogP) is 1.74. The molecule has 0 amide bonds. The van der Waals surface area contributed by atoms with Gasteiger partial charge in [-0.15, -0.1) is 0 Å². The molecule has 0 aromatic heterocycles. The maximum atomic E-state index is 10.3. The number of hydrogen-bond acceptors (Lipinski definition) is 4. The van der Waals surface area contributed by atoms with Crippen molar-refractivity contribution in [1.29, 1.82) is 0 Å². The highest BCUT2D eigenvalue weighted by atomic mass is 32.5. The molecule has 0 aromatic carbocycles. The monoisotopic (exact) mass is 255 g/mol. The lowest BCUT2D eigenvalue weighted by atomic mass is 10.3. The summed E-state index contributed by atoms with van der Waals surface area (Å²) in [5.74, 6) is -0.807. The second kappa shape index (κ2) is 8.19. The molecule has 5 nitrogen and oxygen atoms in total. The second-order valence-corrected chi connectivity index (χ2v) is 6.01. The summed E-state index contributed by atoms with van der Waals surface area (Å²) in [6.07, 6.45) is 0.647. The van der Waals surface area contributed by atoms with Crippen LogP contribution in [-0.2, 0) is 25.6 Å². The van der Waals surface area contributed by atoms with Crippen LogP contribution < -0.4 is 5.09 Å². The van der Waals surface area contributed by atoms with Crippen LogP contribution in [0.1, 0.15) is 26.7 Å². The van der Waals surface area contributed by atoms with Crippen LogP contribution >= 0.6 is 6.64 Å². The quantitative estimate of drug-likeness (QED) is 0.483. The molecule has 0 aliphatic rings. The normalized spacial score (nSPS) is 11.6. The largest absolute Gasteiger partial charge is 0.481 e. The summed E-state index contributed by atoms with van der Waals surface area (Å²) in [6.45, 7) is 2.79. The molecule has 0 fully saturated rings. The lowest BCUT2D eigenvalue weighted by Gasteiger charge is -2.21. The van der Waals surface area contributed by atoms with Crippen molar-refractivity contribution in [3.8, 4) is 0 Å². The minimum absolute atomic E-state index is 0.126. The van der Waals surface area contributed by atoms with E-state index in [1.165, 1.54) is 0 Å². The minimum atomic E-state index is -2.39. The van der Waals surface area contributed by atoms with Crippen LogP contribution in [0.2, 0.25) is 0 Å². The molecular weight excluding hydrogens is 237 g/mol. The van der Waals surface area contributed by atoms with Gasteiger partial charge in [-0.3, -0.25) is 4.79 Å². The smallest absolute Gasteiger partial charge is 0.303 e. The van der Waals surface area contributed by atoms with E-state index in [0.717, 1.165) is 0 Å². The van der Waals surface area contributed by atoms with Gasteiger partial charge in [0.25, 0.3) is 6.64 Å². The Kier molecular flexibility index (Phi) is 8.19. The van der Waals surface area contributed by atoms with Crippen LogP contribution in [0.4, 0.5) is 0 Å². The number of rotatable bonds is 9. The molecule has 0 aliphatic heterocycles. The van der Waals surface area contributed by atoms with Gasteiger partial charge in [0.2, 0.25) is 0 Å². The zero-order valence-corrected chi connectivity index (χ0v) is 10.8. The molecule has 0 saturated carbocycles. The van der Waals surface area contributed by atoms with Gasteiger partial charge in [0.1, 0.15) is 0 Å². The van der Waals surface area contributed by atoms with Crippen LogP contribution in [0.15, 0.2) is 0 Å². The highest BCUT2D eigenvalue weighted by Crippen LogP contribution is 2.43. The SMILES string of the molecule is CCOP(=S)(NCCCC(=O)O)OCC. The molecule has 7 heteroatoms. The fraction of sp³-hybridized carbons (Fsp3) is 0.875. The maximum Gasteiger partial charge on any atom is 0.303 e. The van der Waals surface area contributed by atoms with Gasteiger partial charge < -0.3 is 14.2 Å². The summed E-state index contributed by atoms with van der Waals surface area (Å²) >= 11 is 5.19. The van der Waals surface area contributed by atoms with E-state index in [1.54, 1.807) is 0 Å². The lowest BCUT2D eigenvalue weighted by Crippen LogP contribution is -2.16. The van der Waals surface area contributed by atoms with Gasteiger partial charge in [-0.05, 0) is 32.1 Å². The first kappa shape index (κ1) is 15.0. The highest BCUT2D eigenvalue weighted by Gasteiger charge is 2.16. The molecular formula is C8H18NO4PS. The zero-order chi connectivity index (χ0) is 11.7. The van der Waals surface area contributed by atoms with Crippen molar-refractivity contribution in [2.75, 3.05) is 19.8 Å². The fourth-order valence-electron chi connectivity index (χ4n) is 0.924. The number of nitrogens with one attached hydrogen (secondary N) is 1. The molecule has 0 rings (SSSR count). The van der Waals surface area contributed by atoms with Crippen molar-refractivity contribution < 1.29 is 18.9 Å². The number of carboxylic acids is 1. The van der Waals surface area contributed by atoms with Crippen LogP contribution in [0.25, 0.3) is 0 Å². The van der Waals surface area contributed by atoms with Gasteiger partial charge in [0.15, 0.2) is 0 Å². The lowest BCUT2D eigenvalue weighted by molar-refractivity contribution is -0.137. The van der Waals surface area contributed by atoms with Gasteiger partial charge in [-0.2, -0.15) is 0 Å². The van der Waals surface area contributed by atoms with E-state index in [4.69, 9.17) is 26.0 Å². The Morgan fingerprint density at radius 1 is 1.40 bits per heavy atom. The first-order valence-electron chi connectivity index (χ1n) is 4.90. The third-order valence-electron chi connectivity index (χ3n) is 1.47. The average Bonchev–Trinajstić information content (AvgIpc) is 2.13. The van der Waals surface area contributed by atoms with Crippen molar-refractivity contribution in [1.82, 2.24) is 5.09 Å². The van der Waals surface area contributed by atoms with Crippen LogP contribution in [0.3, 0.4) is 0 Å². The number of aliphatic carboxylic acids is 1. The summed E-state index contributed by atoms with van der Waals surface area (Å²) < 4.78 is 10.6. The highest BCUT2D eigenvalue weighted by molar-refractivity contribution is 8.08. The third kappa shape index (κ3) is 7.88. The van der Waals surface area contributed by atoms with E-state index >= 15 is 0 Å². The van der Waals surface area contributed by atoms with Gasteiger partial charge in [-0.1, -0.05) is 0 Å². The molecule has 15 heavy (non-hydrogen) atoms. The molecule has 0 heterocycles. The number of carbonyl (C=O) groups is 1. The van der Waals surface area contributed by atoms with Crippen molar-refractivity contribution in [3.63, 3.8) is 0 Å². The molecule has 0 saturated heterocycles. The number of carboxylic acid groups (broad SMARTS) is 1. The van der Waals surface area contributed by atoms with Gasteiger partial charge in [-0.25, -0.2) is 5.09 Å². The maximum absolute atomic E-state index is 10.3. The molecule has 0 aromatic rings. The first-order chi connectivity index (χ1) is 7.04. The minimum Gasteiger partial charge on any atom is -0.481 e. The topological polar surface area (TPSA) is 67.8 Å². The summed E-state index contributed by atoms with van der Waals surface area (Å²) in [7, 11) is 0. The molecule has 0 spiro atoms. The Labute approximate surface area is 95.4 Å². The molecule has 0 unspecified atom stereocenters. The summed E-state index contributed by atoms with van der Waals surface area (Å²) in [4.78, 5) is 10.3. The van der Waals surface area contributed by atoms with Crippen molar-refractivity contribution in [2.45, 2.75) is 26.7 Å². The number of hydrogen-bond donors (Lipinski definition) is 2. The molecule has 0 aliphatic carbocycles. The summed E-state index contributed by atoms with van der Waals surface area (Å²) in [6, 6.07) is 0. The average molecular weight is 255 g/mol. The molecule has 90 valence electrons. The summed E-state index contributed by atoms with van der Waals surface area (Å²) in [5.41, 5.74) is 0. The van der Waals surface area contributed by atoms with Gasteiger partial charge >= 0.3 is 5.97 Å².